The Kier molecular flexibility index (Phi) is 4.13. The average Bonchev–Trinajstić information content (AvgIpc) is 2.42. The number of hydrogen-bond acceptors (Lipinski definition) is 3. The lowest BCUT2D eigenvalue weighted by Gasteiger charge is -2.11. The predicted molar refractivity (Wildman–Crippen MR) is 74.3 cm³/mol. The Labute approximate surface area is 112 Å². The second-order valence-corrected chi connectivity index (χ2v) is 4.27. The van der Waals surface area contributed by atoms with E-state index in [0.29, 0.717) is 5.88 Å². The van der Waals surface area contributed by atoms with Crippen LogP contribution in [0.3, 0.4) is 0 Å². The van der Waals surface area contributed by atoms with Crippen molar-refractivity contribution < 1.29 is 9.53 Å². The van der Waals surface area contributed by atoms with Gasteiger partial charge in [-0.1, -0.05) is 24.3 Å². The first-order valence-electron chi connectivity index (χ1n) is 6.06. The monoisotopic (exact) mass is 256 g/mol. The molecule has 2 aromatic rings. The van der Waals surface area contributed by atoms with Crippen molar-refractivity contribution in [1.82, 2.24) is 4.98 Å². The third-order valence-corrected chi connectivity index (χ3v) is 2.73. The minimum atomic E-state index is -0.192. The molecule has 1 aromatic heterocycles. The molecule has 0 aliphatic heterocycles. The molecular weight excluding hydrogens is 240 g/mol. The van der Waals surface area contributed by atoms with E-state index in [1.807, 2.05) is 38.1 Å². The van der Waals surface area contributed by atoms with E-state index < -0.39 is 0 Å². The van der Waals surface area contributed by atoms with Crippen LogP contribution in [-0.2, 0) is 4.79 Å². The molecule has 0 aliphatic rings. The molecule has 0 aliphatic carbocycles. The number of aryl methyl sites for hydroxylation is 2. The summed E-state index contributed by atoms with van der Waals surface area (Å²) in [5.41, 5.74) is 2.91. The summed E-state index contributed by atoms with van der Waals surface area (Å²) in [6.45, 7) is 3.87. The van der Waals surface area contributed by atoms with Crippen molar-refractivity contribution in [3.8, 4) is 5.88 Å². The molecule has 98 valence electrons. The van der Waals surface area contributed by atoms with E-state index in [1.54, 1.807) is 18.3 Å². The van der Waals surface area contributed by atoms with E-state index in [4.69, 9.17) is 4.74 Å². The number of nitrogens with one attached hydrogen (secondary N) is 1. The molecule has 2 rings (SSSR count). The lowest BCUT2D eigenvalue weighted by atomic mass is 10.1. The van der Waals surface area contributed by atoms with Gasteiger partial charge in [0.2, 0.25) is 5.88 Å². The van der Waals surface area contributed by atoms with Crippen molar-refractivity contribution in [3.05, 3.63) is 53.7 Å². The molecule has 4 heteroatoms. The van der Waals surface area contributed by atoms with Gasteiger partial charge in [-0.2, -0.15) is 0 Å². The molecule has 0 radical (unpaired) electrons. The molecule has 0 atom stereocenters. The maximum atomic E-state index is 11.8. The first-order valence-corrected chi connectivity index (χ1v) is 6.06. The number of carbonyl (C=O) groups excluding carboxylic acids is 1. The van der Waals surface area contributed by atoms with Gasteiger partial charge < -0.3 is 10.1 Å². The Bertz CT molecular complexity index is 547. The SMILES string of the molecule is Cc1cccc(C)c1NC(=O)COc1ccccn1. The average molecular weight is 256 g/mol. The van der Waals surface area contributed by atoms with Crippen LogP contribution >= 0.6 is 0 Å². The number of rotatable bonds is 4. The summed E-state index contributed by atoms with van der Waals surface area (Å²) >= 11 is 0. The molecule has 0 saturated heterocycles. The predicted octanol–water partition coefficient (Wildman–Crippen LogP) is 2.72. The van der Waals surface area contributed by atoms with Gasteiger partial charge in [-0.15, -0.1) is 0 Å². The standard InChI is InChI=1S/C15H16N2O2/c1-11-6-5-7-12(2)15(11)17-13(18)10-19-14-8-3-4-9-16-14/h3-9H,10H2,1-2H3,(H,17,18). The summed E-state index contributed by atoms with van der Waals surface area (Å²) < 4.78 is 5.30. The molecule has 1 N–H and O–H groups in total. The minimum absolute atomic E-state index is 0.0508. The van der Waals surface area contributed by atoms with Crippen LogP contribution in [0.2, 0.25) is 0 Å². The van der Waals surface area contributed by atoms with Gasteiger partial charge in [0.05, 0.1) is 0 Å². The van der Waals surface area contributed by atoms with Crippen molar-refractivity contribution in [2.24, 2.45) is 0 Å². The Balaban J connectivity index is 1.95. The quantitative estimate of drug-likeness (QED) is 0.915. The van der Waals surface area contributed by atoms with Gasteiger partial charge in [0.25, 0.3) is 5.91 Å². The van der Waals surface area contributed by atoms with Gasteiger partial charge >= 0.3 is 0 Å². The van der Waals surface area contributed by atoms with E-state index in [0.717, 1.165) is 16.8 Å². The second-order valence-electron chi connectivity index (χ2n) is 4.27. The van der Waals surface area contributed by atoms with Crippen LogP contribution in [0.5, 0.6) is 5.88 Å². The largest absolute Gasteiger partial charge is 0.468 e. The molecule has 1 amide bonds. The molecule has 1 heterocycles. The third-order valence-electron chi connectivity index (χ3n) is 2.73. The lowest BCUT2D eigenvalue weighted by molar-refractivity contribution is -0.118. The lowest BCUT2D eigenvalue weighted by Crippen LogP contribution is -2.21. The highest BCUT2D eigenvalue weighted by Gasteiger charge is 2.08. The molecule has 4 nitrogen and oxygen atoms in total. The summed E-state index contributed by atoms with van der Waals surface area (Å²) in [6.07, 6.45) is 1.62. The normalized spacial score (nSPS) is 10.0. The highest BCUT2D eigenvalue weighted by atomic mass is 16.5. The van der Waals surface area contributed by atoms with Crippen LogP contribution in [0.1, 0.15) is 11.1 Å². The van der Waals surface area contributed by atoms with Crippen LogP contribution in [0, 0.1) is 13.8 Å². The summed E-state index contributed by atoms with van der Waals surface area (Å²) in [5, 5.41) is 2.86. The van der Waals surface area contributed by atoms with Gasteiger partial charge in [-0.3, -0.25) is 4.79 Å². The number of pyridine rings is 1. The maximum absolute atomic E-state index is 11.8. The molecule has 0 saturated carbocycles. The van der Waals surface area contributed by atoms with Crippen LogP contribution < -0.4 is 10.1 Å². The third kappa shape index (κ3) is 3.55. The summed E-state index contributed by atoms with van der Waals surface area (Å²) in [7, 11) is 0. The summed E-state index contributed by atoms with van der Waals surface area (Å²) in [6, 6.07) is 11.2. The van der Waals surface area contributed by atoms with Crippen molar-refractivity contribution in [3.63, 3.8) is 0 Å². The molecule has 0 fully saturated rings. The fourth-order valence-corrected chi connectivity index (χ4v) is 1.76. The van der Waals surface area contributed by atoms with Gasteiger partial charge in [0, 0.05) is 18.0 Å². The van der Waals surface area contributed by atoms with Gasteiger partial charge in [-0.25, -0.2) is 4.98 Å². The second kappa shape index (κ2) is 6.00. The van der Waals surface area contributed by atoms with Gasteiger partial charge in [-0.05, 0) is 31.0 Å². The maximum Gasteiger partial charge on any atom is 0.262 e. The van der Waals surface area contributed by atoms with E-state index in [9.17, 15) is 4.79 Å². The van der Waals surface area contributed by atoms with E-state index in [1.165, 1.54) is 0 Å². The topological polar surface area (TPSA) is 51.2 Å². The first-order chi connectivity index (χ1) is 9.16. The minimum Gasteiger partial charge on any atom is -0.468 e. The Morgan fingerprint density at radius 1 is 1.16 bits per heavy atom. The zero-order valence-corrected chi connectivity index (χ0v) is 11.0. The van der Waals surface area contributed by atoms with Gasteiger partial charge in [0.15, 0.2) is 6.61 Å². The highest BCUT2D eigenvalue weighted by Crippen LogP contribution is 2.19. The fourth-order valence-electron chi connectivity index (χ4n) is 1.76. The van der Waals surface area contributed by atoms with E-state index >= 15 is 0 Å². The Morgan fingerprint density at radius 3 is 2.53 bits per heavy atom. The van der Waals surface area contributed by atoms with E-state index in [-0.39, 0.29) is 12.5 Å². The molecule has 1 aromatic carbocycles. The number of para-hydroxylation sites is 1. The number of benzene rings is 1. The van der Waals surface area contributed by atoms with Gasteiger partial charge in [0.1, 0.15) is 0 Å². The Morgan fingerprint density at radius 2 is 1.89 bits per heavy atom. The molecule has 0 bridgehead atoms. The number of carbonyl (C=O) groups is 1. The zero-order chi connectivity index (χ0) is 13.7. The van der Waals surface area contributed by atoms with Crippen molar-refractivity contribution in [2.45, 2.75) is 13.8 Å². The van der Waals surface area contributed by atoms with Crippen LogP contribution in [0.4, 0.5) is 5.69 Å². The summed E-state index contributed by atoms with van der Waals surface area (Å²) in [4.78, 5) is 15.8. The molecule has 19 heavy (non-hydrogen) atoms. The number of amides is 1. The fraction of sp³-hybridized carbons (Fsp3) is 0.200. The molecule has 0 spiro atoms. The number of anilines is 1. The van der Waals surface area contributed by atoms with Crippen molar-refractivity contribution >= 4 is 11.6 Å². The van der Waals surface area contributed by atoms with Crippen LogP contribution in [0.15, 0.2) is 42.6 Å². The molecular formula is C15H16N2O2. The number of ether oxygens (including phenoxy) is 1. The highest BCUT2D eigenvalue weighted by molar-refractivity contribution is 5.93. The zero-order valence-electron chi connectivity index (χ0n) is 11.0. The Hall–Kier alpha value is -2.36. The number of hydrogen-bond donors (Lipinski definition) is 1. The first kappa shape index (κ1) is 13.1. The van der Waals surface area contributed by atoms with Crippen molar-refractivity contribution in [1.29, 1.82) is 0 Å². The number of aromatic nitrogens is 1. The van der Waals surface area contributed by atoms with E-state index in [2.05, 4.69) is 10.3 Å². The van der Waals surface area contributed by atoms with Crippen LogP contribution in [0.25, 0.3) is 0 Å². The number of nitrogens with zero attached hydrogens (tertiary/aromatic N) is 1. The van der Waals surface area contributed by atoms with Crippen LogP contribution in [-0.4, -0.2) is 17.5 Å². The molecule has 0 unspecified atom stereocenters. The van der Waals surface area contributed by atoms with Crippen molar-refractivity contribution in [2.75, 3.05) is 11.9 Å². The smallest absolute Gasteiger partial charge is 0.262 e. The summed E-state index contributed by atoms with van der Waals surface area (Å²) in [5.74, 6) is 0.252.